The third-order valence-corrected chi connectivity index (χ3v) is 3.95. The van der Waals surface area contributed by atoms with Crippen LogP contribution in [0.4, 0.5) is 13.2 Å². The summed E-state index contributed by atoms with van der Waals surface area (Å²) in [7, 11) is 0. The van der Waals surface area contributed by atoms with Crippen molar-refractivity contribution in [2.45, 2.75) is 51.7 Å². The molecule has 1 aliphatic carbocycles. The lowest BCUT2D eigenvalue weighted by Crippen LogP contribution is -2.40. The highest BCUT2D eigenvalue weighted by molar-refractivity contribution is 4.80. The quantitative estimate of drug-likeness (QED) is 0.795. The molecule has 2 nitrogen and oxygen atoms in total. The number of nitrogens with one attached hydrogen (secondary N) is 1. The number of rotatable bonds is 6. The predicted molar refractivity (Wildman–Crippen MR) is 67.6 cm³/mol. The Morgan fingerprint density at radius 1 is 1.06 bits per heavy atom. The lowest BCUT2D eigenvalue weighted by atomic mass is 9.85. The van der Waals surface area contributed by atoms with Crippen LogP contribution in [0.1, 0.15) is 39.5 Å². The Morgan fingerprint density at radius 3 is 2.06 bits per heavy atom. The zero-order valence-electron chi connectivity index (χ0n) is 11.4. The molecule has 0 heterocycles. The molecule has 1 N–H and O–H groups in total. The van der Waals surface area contributed by atoms with Crippen molar-refractivity contribution < 1.29 is 13.2 Å². The summed E-state index contributed by atoms with van der Waals surface area (Å²) in [5.41, 5.74) is 0. The number of nitrogens with zero attached hydrogens (tertiary/aromatic N) is 1. The van der Waals surface area contributed by atoms with Crippen LogP contribution in [0.15, 0.2) is 0 Å². The molecule has 1 rings (SSSR count). The molecule has 1 fully saturated rings. The van der Waals surface area contributed by atoms with E-state index in [0.717, 1.165) is 26.2 Å². The number of alkyl halides is 3. The molecule has 0 aromatic heterocycles. The van der Waals surface area contributed by atoms with Crippen LogP contribution in [0.2, 0.25) is 0 Å². The third kappa shape index (κ3) is 5.14. The molecular formula is C13H25F3N2. The minimum Gasteiger partial charge on any atom is -0.313 e. The smallest absolute Gasteiger partial charge is 0.313 e. The van der Waals surface area contributed by atoms with E-state index >= 15 is 0 Å². The Bertz CT molecular complexity index is 219. The van der Waals surface area contributed by atoms with Gasteiger partial charge in [-0.05, 0) is 38.8 Å². The van der Waals surface area contributed by atoms with E-state index in [4.69, 9.17) is 0 Å². The van der Waals surface area contributed by atoms with Crippen molar-refractivity contribution in [3.05, 3.63) is 0 Å². The zero-order chi connectivity index (χ0) is 13.6. The Kier molecular flexibility index (Phi) is 6.43. The minimum absolute atomic E-state index is 0.277. The molecule has 1 aliphatic rings. The molecular weight excluding hydrogens is 241 g/mol. The van der Waals surface area contributed by atoms with Gasteiger partial charge < -0.3 is 10.2 Å². The first kappa shape index (κ1) is 15.8. The summed E-state index contributed by atoms with van der Waals surface area (Å²) in [4.78, 5) is 2.31. The van der Waals surface area contributed by atoms with Crippen LogP contribution in [0, 0.1) is 5.92 Å². The molecule has 0 spiro atoms. The molecule has 0 unspecified atom stereocenters. The van der Waals surface area contributed by atoms with Crippen LogP contribution in [0.25, 0.3) is 0 Å². The molecule has 0 atom stereocenters. The Hall–Kier alpha value is -0.290. The van der Waals surface area contributed by atoms with Gasteiger partial charge in [-0.1, -0.05) is 13.8 Å². The number of halogens is 3. The number of hydrogen-bond donors (Lipinski definition) is 1. The molecule has 0 bridgehead atoms. The first-order chi connectivity index (χ1) is 8.47. The lowest BCUT2D eigenvalue weighted by molar-refractivity contribution is -0.182. The average Bonchev–Trinajstić information content (AvgIpc) is 2.34. The maximum Gasteiger partial charge on any atom is 0.391 e. The van der Waals surface area contributed by atoms with Gasteiger partial charge in [-0.2, -0.15) is 13.2 Å². The summed E-state index contributed by atoms with van der Waals surface area (Å²) in [5.74, 6) is -1.07. The van der Waals surface area contributed by atoms with Gasteiger partial charge in [0.2, 0.25) is 0 Å². The molecule has 108 valence electrons. The highest BCUT2D eigenvalue weighted by Crippen LogP contribution is 2.37. The molecule has 0 radical (unpaired) electrons. The van der Waals surface area contributed by atoms with Gasteiger partial charge in [0.05, 0.1) is 5.92 Å². The fourth-order valence-electron chi connectivity index (χ4n) is 2.59. The van der Waals surface area contributed by atoms with E-state index in [9.17, 15) is 13.2 Å². The van der Waals surface area contributed by atoms with Gasteiger partial charge in [-0.25, -0.2) is 0 Å². The van der Waals surface area contributed by atoms with E-state index in [1.165, 1.54) is 0 Å². The molecule has 0 saturated heterocycles. The van der Waals surface area contributed by atoms with Gasteiger partial charge in [0.15, 0.2) is 0 Å². The summed E-state index contributed by atoms with van der Waals surface area (Å²) in [6.45, 7) is 8.16. The van der Waals surface area contributed by atoms with Crippen LogP contribution in [-0.4, -0.2) is 43.3 Å². The van der Waals surface area contributed by atoms with Crippen LogP contribution >= 0.6 is 0 Å². The lowest BCUT2D eigenvalue weighted by Gasteiger charge is -2.31. The van der Waals surface area contributed by atoms with E-state index in [0.29, 0.717) is 12.8 Å². The second kappa shape index (κ2) is 7.34. The number of hydrogen-bond acceptors (Lipinski definition) is 2. The van der Waals surface area contributed by atoms with Gasteiger partial charge in [0.25, 0.3) is 0 Å². The third-order valence-electron chi connectivity index (χ3n) is 3.95. The molecule has 0 aromatic carbocycles. The van der Waals surface area contributed by atoms with Crippen molar-refractivity contribution >= 4 is 0 Å². The van der Waals surface area contributed by atoms with Crippen molar-refractivity contribution in [3.63, 3.8) is 0 Å². The second-order valence-electron chi connectivity index (χ2n) is 5.07. The van der Waals surface area contributed by atoms with Crippen LogP contribution < -0.4 is 5.32 Å². The molecule has 0 amide bonds. The van der Waals surface area contributed by atoms with Gasteiger partial charge in [-0.15, -0.1) is 0 Å². The maximum atomic E-state index is 12.5. The number of likely N-dealkylation sites (N-methyl/N-ethyl adjacent to an activating group) is 1. The standard InChI is InChI=1S/C13H25F3N2/c1-3-18(4-2)10-9-17-12-7-5-11(6-8-12)13(14,15)16/h11-12,17H,3-10H2,1-2H3. The highest BCUT2D eigenvalue weighted by atomic mass is 19.4. The summed E-state index contributed by atoms with van der Waals surface area (Å²) in [6.07, 6.45) is -2.12. The van der Waals surface area contributed by atoms with Gasteiger partial charge in [0.1, 0.15) is 0 Å². The normalized spacial score (nSPS) is 25.7. The van der Waals surface area contributed by atoms with E-state index in [2.05, 4.69) is 24.1 Å². The van der Waals surface area contributed by atoms with Gasteiger partial charge >= 0.3 is 6.18 Å². The van der Waals surface area contributed by atoms with E-state index in [-0.39, 0.29) is 18.9 Å². The minimum atomic E-state index is -3.99. The van der Waals surface area contributed by atoms with Crippen molar-refractivity contribution in [1.82, 2.24) is 10.2 Å². The van der Waals surface area contributed by atoms with Gasteiger partial charge in [0, 0.05) is 19.1 Å². The maximum absolute atomic E-state index is 12.5. The fourth-order valence-corrected chi connectivity index (χ4v) is 2.59. The largest absolute Gasteiger partial charge is 0.391 e. The summed E-state index contributed by atoms with van der Waals surface area (Å²) in [6, 6.07) is 0.277. The van der Waals surface area contributed by atoms with Crippen molar-refractivity contribution in [1.29, 1.82) is 0 Å². The first-order valence-corrected chi connectivity index (χ1v) is 6.99. The molecule has 18 heavy (non-hydrogen) atoms. The Morgan fingerprint density at radius 2 is 1.61 bits per heavy atom. The van der Waals surface area contributed by atoms with Crippen molar-refractivity contribution in [2.24, 2.45) is 5.92 Å². The average molecular weight is 266 g/mol. The summed E-state index contributed by atoms with van der Waals surface area (Å²) >= 11 is 0. The fraction of sp³-hybridized carbons (Fsp3) is 1.00. The summed E-state index contributed by atoms with van der Waals surface area (Å²) in [5, 5.41) is 3.38. The highest BCUT2D eigenvalue weighted by Gasteiger charge is 2.41. The van der Waals surface area contributed by atoms with Crippen molar-refractivity contribution in [2.75, 3.05) is 26.2 Å². The van der Waals surface area contributed by atoms with Crippen LogP contribution in [0.5, 0.6) is 0 Å². The molecule has 0 aliphatic heterocycles. The van der Waals surface area contributed by atoms with E-state index < -0.39 is 12.1 Å². The Labute approximate surface area is 108 Å². The van der Waals surface area contributed by atoms with E-state index in [1.807, 2.05) is 0 Å². The van der Waals surface area contributed by atoms with E-state index in [1.54, 1.807) is 0 Å². The molecule has 1 saturated carbocycles. The monoisotopic (exact) mass is 266 g/mol. The topological polar surface area (TPSA) is 15.3 Å². The van der Waals surface area contributed by atoms with Crippen LogP contribution in [-0.2, 0) is 0 Å². The zero-order valence-corrected chi connectivity index (χ0v) is 11.4. The predicted octanol–water partition coefficient (Wildman–Crippen LogP) is 3.04. The van der Waals surface area contributed by atoms with Gasteiger partial charge in [-0.3, -0.25) is 0 Å². The summed E-state index contributed by atoms with van der Waals surface area (Å²) < 4.78 is 37.5. The SMILES string of the molecule is CCN(CC)CCNC1CCC(C(F)(F)F)CC1. The molecule has 5 heteroatoms. The molecule has 0 aromatic rings. The first-order valence-electron chi connectivity index (χ1n) is 6.99. The Balaban J connectivity index is 2.16. The van der Waals surface area contributed by atoms with Crippen LogP contribution in [0.3, 0.4) is 0 Å². The second-order valence-corrected chi connectivity index (χ2v) is 5.07. The van der Waals surface area contributed by atoms with Crippen molar-refractivity contribution in [3.8, 4) is 0 Å².